The molecule has 0 amide bonds. The minimum absolute atomic E-state index is 0.0359. The summed E-state index contributed by atoms with van der Waals surface area (Å²) in [7, 11) is 1.68. The summed E-state index contributed by atoms with van der Waals surface area (Å²) in [6.07, 6.45) is 0. The van der Waals surface area contributed by atoms with Crippen LogP contribution in [0.1, 0.15) is 11.1 Å². The lowest BCUT2D eigenvalue weighted by Crippen LogP contribution is -2.48. The zero-order chi connectivity index (χ0) is 11.8. The number of thiol groups is 1. The second-order valence-corrected chi connectivity index (χ2v) is 4.96. The fourth-order valence-electron chi connectivity index (χ4n) is 1.92. The average Bonchev–Trinajstić information content (AvgIpc) is 2.22. The molecule has 1 heterocycles. The van der Waals surface area contributed by atoms with Crippen LogP contribution in [0.25, 0.3) is 0 Å². The van der Waals surface area contributed by atoms with Gasteiger partial charge in [-0.3, -0.25) is 0 Å². The molecule has 0 spiro atoms. The van der Waals surface area contributed by atoms with Crippen molar-refractivity contribution in [1.29, 1.82) is 0 Å². The summed E-state index contributed by atoms with van der Waals surface area (Å²) >= 11 is 10.6. The molecular formula is C12H15ClO2S. The Balaban J connectivity index is 2.50. The second-order valence-electron chi connectivity index (χ2n) is 4.23. The van der Waals surface area contributed by atoms with Gasteiger partial charge in [-0.2, -0.15) is 12.6 Å². The molecule has 2 rings (SSSR count). The maximum Gasteiger partial charge on any atom is 0.123 e. The van der Waals surface area contributed by atoms with Crippen LogP contribution in [0.2, 0.25) is 5.02 Å². The summed E-state index contributed by atoms with van der Waals surface area (Å²) in [5, 5.41) is 0.767. The Hall–Kier alpha value is -0.380. The number of rotatable bonds is 3. The van der Waals surface area contributed by atoms with Gasteiger partial charge in [0.2, 0.25) is 0 Å². The lowest BCUT2D eigenvalue weighted by Gasteiger charge is -2.41. The molecule has 0 saturated carbocycles. The van der Waals surface area contributed by atoms with Crippen LogP contribution in [0.5, 0.6) is 5.75 Å². The monoisotopic (exact) mass is 258 g/mol. The SMILES string of the molecule is COc1cc(C)c(Cl)cc1C1(CS)COC1. The summed E-state index contributed by atoms with van der Waals surface area (Å²) in [4.78, 5) is 0. The Kier molecular flexibility index (Phi) is 3.38. The topological polar surface area (TPSA) is 18.5 Å². The van der Waals surface area contributed by atoms with Crippen LogP contribution < -0.4 is 4.74 Å². The maximum absolute atomic E-state index is 6.17. The standard InChI is InChI=1S/C12H15ClO2S/c1-8-3-11(14-2)9(4-10(8)13)12(7-16)5-15-6-12/h3-4,16H,5-7H2,1-2H3. The van der Waals surface area contributed by atoms with Gasteiger partial charge in [0, 0.05) is 16.3 Å². The van der Waals surface area contributed by atoms with Crippen LogP contribution in [0.4, 0.5) is 0 Å². The molecule has 16 heavy (non-hydrogen) atoms. The average molecular weight is 259 g/mol. The normalized spacial score (nSPS) is 18.0. The lowest BCUT2D eigenvalue weighted by atomic mass is 9.79. The molecule has 0 aromatic heterocycles. The van der Waals surface area contributed by atoms with Gasteiger partial charge in [0.1, 0.15) is 5.75 Å². The molecule has 1 aromatic rings. The largest absolute Gasteiger partial charge is 0.496 e. The Morgan fingerprint density at radius 1 is 1.50 bits per heavy atom. The van der Waals surface area contributed by atoms with Crippen molar-refractivity contribution in [2.45, 2.75) is 12.3 Å². The van der Waals surface area contributed by atoms with Gasteiger partial charge in [0.25, 0.3) is 0 Å². The third-order valence-electron chi connectivity index (χ3n) is 3.11. The molecular weight excluding hydrogens is 244 g/mol. The summed E-state index contributed by atoms with van der Waals surface area (Å²) in [5.41, 5.74) is 2.09. The summed E-state index contributed by atoms with van der Waals surface area (Å²) in [5.74, 6) is 1.61. The molecule has 1 aliphatic heterocycles. The molecule has 1 fully saturated rings. The Labute approximate surface area is 106 Å². The molecule has 0 unspecified atom stereocenters. The van der Waals surface area contributed by atoms with Crippen molar-refractivity contribution in [2.24, 2.45) is 0 Å². The first-order valence-electron chi connectivity index (χ1n) is 5.16. The zero-order valence-corrected chi connectivity index (χ0v) is 11.1. The molecule has 0 N–H and O–H groups in total. The van der Waals surface area contributed by atoms with Gasteiger partial charge in [0.05, 0.1) is 25.7 Å². The molecule has 2 nitrogen and oxygen atoms in total. The van der Waals surface area contributed by atoms with E-state index in [0.29, 0.717) is 13.2 Å². The van der Waals surface area contributed by atoms with E-state index in [0.717, 1.165) is 27.7 Å². The molecule has 0 radical (unpaired) electrons. The lowest BCUT2D eigenvalue weighted by molar-refractivity contribution is -0.0479. The first-order valence-corrected chi connectivity index (χ1v) is 6.17. The predicted octanol–water partition coefficient (Wildman–Crippen LogP) is 2.85. The fourth-order valence-corrected chi connectivity index (χ4v) is 2.44. The van der Waals surface area contributed by atoms with Gasteiger partial charge in [-0.1, -0.05) is 11.6 Å². The van der Waals surface area contributed by atoms with Gasteiger partial charge in [0.15, 0.2) is 0 Å². The van der Waals surface area contributed by atoms with Crippen LogP contribution >= 0.6 is 24.2 Å². The minimum atomic E-state index is -0.0359. The first kappa shape index (κ1) is 12.1. The van der Waals surface area contributed by atoms with Gasteiger partial charge in [-0.25, -0.2) is 0 Å². The van der Waals surface area contributed by atoms with Crippen molar-refractivity contribution < 1.29 is 9.47 Å². The van der Waals surface area contributed by atoms with E-state index in [2.05, 4.69) is 12.6 Å². The summed E-state index contributed by atoms with van der Waals surface area (Å²) < 4.78 is 10.7. The smallest absolute Gasteiger partial charge is 0.123 e. The molecule has 1 aliphatic rings. The summed E-state index contributed by atoms with van der Waals surface area (Å²) in [6.45, 7) is 3.35. The number of halogens is 1. The van der Waals surface area contributed by atoms with Crippen molar-refractivity contribution in [2.75, 3.05) is 26.1 Å². The number of benzene rings is 1. The minimum Gasteiger partial charge on any atom is -0.496 e. The van der Waals surface area contributed by atoms with Crippen molar-refractivity contribution in [3.8, 4) is 5.75 Å². The number of hydrogen-bond donors (Lipinski definition) is 1. The third kappa shape index (κ3) is 1.81. The third-order valence-corrected chi connectivity index (χ3v) is 4.12. The quantitative estimate of drug-likeness (QED) is 0.841. The van der Waals surface area contributed by atoms with Crippen LogP contribution in [0, 0.1) is 6.92 Å². The molecule has 0 atom stereocenters. The van der Waals surface area contributed by atoms with Gasteiger partial charge < -0.3 is 9.47 Å². The fraction of sp³-hybridized carbons (Fsp3) is 0.500. The van der Waals surface area contributed by atoms with Crippen LogP contribution in [-0.2, 0) is 10.2 Å². The highest BCUT2D eigenvalue weighted by molar-refractivity contribution is 7.80. The van der Waals surface area contributed by atoms with E-state index < -0.39 is 0 Å². The van der Waals surface area contributed by atoms with Crippen molar-refractivity contribution in [3.63, 3.8) is 0 Å². The Bertz CT molecular complexity index is 397. The Morgan fingerprint density at radius 3 is 2.62 bits per heavy atom. The van der Waals surface area contributed by atoms with E-state index in [4.69, 9.17) is 21.1 Å². The molecule has 4 heteroatoms. The van der Waals surface area contributed by atoms with E-state index >= 15 is 0 Å². The van der Waals surface area contributed by atoms with Gasteiger partial charge in [-0.15, -0.1) is 0 Å². The van der Waals surface area contributed by atoms with E-state index in [1.54, 1.807) is 7.11 Å². The van der Waals surface area contributed by atoms with Gasteiger partial charge in [-0.05, 0) is 24.6 Å². The number of methoxy groups -OCH3 is 1. The highest BCUT2D eigenvalue weighted by Crippen LogP contribution is 2.41. The van der Waals surface area contributed by atoms with Crippen LogP contribution in [0.3, 0.4) is 0 Å². The number of aryl methyl sites for hydroxylation is 1. The van der Waals surface area contributed by atoms with Gasteiger partial charge >= 0.3 is 0 Å². The van der Waals surface area contributed by atoms with E-state index in [-0.39, 0.29) is 5.41 Å². The number of ether oxygens (including phenoxy) is 2. The van der Waals surface area contributed by atoms with E-state index in [1.165, 1.54) is 0 Å². The zero-order valence-electron chi connectivity index (χ0n) is 9.42. The molecule has 1 saturated heterocycles. The molecule has 0 bridgehead atoms. The second kappa shape index (κ2) is 4.47. The van der Waals surface area contributed by atoms with Crippen LogP contribution in [-0.4, -0.2) is 26.1 Å². The molecule has 88 valence electrons. The first-order chi connectivity index (χ1) is 7.63. The van der Waals surface area contributed by atoms with E-state index in [9.17, 15) is 0 Å². The van der Waals surface area contributed by atoms with E-state index in [1.807, 2.05) is 19.1 Å². The van der Waals surface area contributed by atoms with Crippen molar-refractivity contribution >= 4 is 24.2 Å². The Morgan fingerprint density at radius 2 is 2.19 bits per heavy atom. The van der Waals surface area contributed by atoms with Crippen molar-refractivity contribution in [1.82, 2.24) is 0 Å². The highest BCUT2D eigenvalue weighted by atomic mass is 35.5. The maximum atomic E-state index is 6.17. The highest BCUT2D eigenvalue weighted by Gasteiger charge is 2.41. The van der Waals surface area contributed by atoms with Crippen LogP contribution in [0.15, 0.2) is 12.1 Å². The molecule has 0 aliphatic carbocycles. The number of hydrogen-bond acceptors (Lipinski definition) is 3. The predicted molar refractivity (Wildman–Crippen MR) is 69.1 cm³/mol. The summed E-state index contributed by atoms with van der Waals surface area (Å²) in [6, 6.07) is 3.95. The molecule has 1 aromatic carbocycles. The van der Waals surface area contributed by atoms with Crippen molar-refractivity contribution in [3.05, 3.63) is 28.3 Å².